The van der Waals surface area contributed by atoms with E-state index >= 15 is 0 Å². The Labute approximate surface area is 88.4 Å². The van der Waals surface area contributed by atoms with Gasteiger partial charge in [-0.1, -0.05) is 0 Å². The minimum Gasteiger partial charge on any atom is -0.497 e. The van der Waals surface area contributed by atoms with E-state index in [0.717, 1.165) is 0 Å². The normalized spacial score (nSPS) is 9.60. The van der Waals surface area contributed by atoms with Crippen LogP contribution in [0.25, 0.3) is 0 Å². The smallest absolute Gasteiger partial charge is 0.348 e. The van der Waals surface area contributed by atoms with Crippen molar-refractivity contribution < 1.29 is 14.7 Å². The largest absolute Gasteiger partial charge is 0.497 e. The molecule has 0 bridgehead atoms. The molecule has 1 N–H and O–H groups in total. The zero-order chi connectivity index (χ0) is 11.4. The molecular formula is C10H14N2O3. The molecule has 0 heterocycles. The third kappa shape index (κ3) is 2.60. The van der Waals surface area contributed by atoms with Gasteiger partial charge in [-0.3, -0.25) is 5.21 Å². The summed E-state index contributed by atoms with van der Waals surface area (Å²) in [5, 5.41) is 10.1. The van der Waals surface area contributed by atoms with Crippen molar-refractivity contribution in [1.29, 1.82) is 0 Å². The fourth-order valence-electron chi connectivity index (χ4n) is 1.02. The first-order chi connectivity index (χ1) is 7.06. The Morgan fingerprint density at radius 2 is 1.80 bits per heavy atom. The number of methoxy groups -OCH3 is 1. The molecule has 0 aliphatic rings. The minimum absolute atomic E-state index is 0.398. The van der Waals surface area contributed by atoms with Crippen LogP contribution in [0, 0.1) is 0 Å². The van der Waals surface area contributed by atoms with Crippen LogP contribution in [-0.4, -0.2) is 37.3 Å². The molecule has 0 fully saturated rings. The molecule has 15 heavy (non-hydrogen) atoms. The van der Waals surface area contributed by atoms with Crippen molar-refractivity contribution >= 4 is 11.7 Å². The highest BCUT2D eigenvalue weighted by Crippen LogP contribution is 2.18. The maximum absolute atomic E-state index is 11.4. The minimum atomic E-state index is -0.500. The van der Waals surface area contributed by atoms with E-state index in [9.17, 15) is 10.0 Å². The lowest BCUT2D eigenvalue weighted by Gasteiger charge is -2.19. The van der Waals surface area contributed by atoms with Gasteiger partial charge in [0, 0.05) is 14.1 Å². The number of hydrogen-bond acceptors (Lipinski definition) is 3. The van der Waals surface area contributed by atoms with Gasteiger partial charge in [-0.25, -0.2) is 4.79 Å². The van der Waals surface area contributed by atoms with E-state index in [1.165, 1.54) is 4.90 Å². The van der Waals surface area contributed by atoms with Crippen LogP contribution >= 0.6 is 0 Å². The molecule has 0 aromatic heterocycles. The lowest BCUT2D eigenvalue weighted by atomic mass is 10.3. The number of rotatable bonds is 2. The van der Waals surface area contributed by atoms with E-state index in [2.05, 4.69) is 0 Å². The molecule has 0 saturated carbocycles. The van der Waals surface area contributed by atoms with Gasteiger partial charge >= 0.3 is 6.03 Å². The maximum Gasteiger partial charge on any atom is 0.348 e. The Balaban J connectivity index is 2.82. The van der Waals surface area contributed by atoms with Gasteiger partial charge < -0.3 is 9.64 Å². The van der Waals surface area contributed by atoms with E-state index in [-0.39, 0.29) is 0 Å². The number of hydrogen-bond donors (Lipinski definition) is 1. The van der Waals surface area contributed by atoms with Crippen molar-refractivity contribution in [2.45, 2.75) is 0 Å². The Morgan fingerprint density at radius 1 is 1.27 bits per heavy atom. The lowest BCUT2D eigenvalue weighted by Crippen LogP contribution is -2.36. The summed E-state index contributed by atoms with van der Waals surface area (Å²) in [6.45, 7) is 0. The Hall–Kier alpha value is -1.75. The second-order valence-electron chi connectivity index (χ2n) is 3.19. The Bertz CT molecular complexity index is 335. The number of ether oxygens (including phenoxy) is 1. The molecule has 0 unspecified atom stereocenters. The fourth-order valence-corrected chi connectivity index (χ4v) is 1.02. The molecule has 1 aromatic rings. The monoisotopic (exact) mass is 210 g/mol. The molecule has 0 saturated heterocycles. The lowest BCUT2D eigenvalue weighted by molar-refractivity contribution is 0.182. The summed E-state index contributed by atoms with van der Waals surface area (Å²) >= 11 is 0. The summed E-state index contributed by atoms with van der Waals surface area (Å²) in [7, 11) is 4.68. The van der Waals surface area contributed by atoms with Crippen LogP contribution in [0.4, 0.5) is 10.5 Å². The summed E-state index contributed by atoms with van der Waals surface area (Å²) in [6.07, 6.45) is 0. The molecule has 0 spiro atoms. The molecule has 0 aliphatic heterocycles. The SMILES string of the molecule is COc1ccc(N(O)C(=O)N(C)C)cc1. The predicted octanol–water partition coefficient (Wildman–Crippen LogP) is 1.57. The highest BCUT2D eigenvalue weighted by Gasteiger charge is 2.14. The molecular weight excluding hydrogens is 196 g/mol. The molecule has 82 valence electrons. The number of amides is 2. The van der Waals surface area contributed by atoms with Crippen LogP contribution < -0.4 is 9.80 Å². The predicted molar refractivity (Wildman–Crippen MR) is 56.3 cm³/mol. The zero-order valence-electron chi connectivity index (χ0n) is 8.97. The number of carbonyl (C=O) groups excluding carboxylic acids is 1. The van der Waals surface area contributed by atoms with Crippen LogP contribution in [0.15, 0.2) is 24.3 Å². The van der Waals surface area contributed by atoms with Crippen molar-refractivity contribution in [2.75, 3.05) is 26.3 Å². The number of carbonyl (C=O) groups is 1. The first-order valence-electron chi connectivity index (χ1n) is 4.40. The summed E-state index contributed by atoms with van der Waals surface area (Å²) in [4.78, 5) is 12.7. The Morgan fingerprint density at radius 3 is 2.20 bits per heavy atom. The summed E-state index contributed by atoms with van der Waals surface area (Å²) in [6, 6.07) is 6.03. The van der Waals surface area contributed by atoms with Gasteiger partial charge in [0.15, 0.2) is 0 Å². The van der Waals surface area contributed by atoms with Gasteiger partial charge in [-0.15, -0.1) is 0 Å². The van der Waals surface area contributed by atoms with Crippen molar-refractivity contribution in [2.24, 2.45) is 0 Å². The fraction of sp³-hybridized carbons (Fsp3) is 0.300. The van der Waals surface area contributed by atoms with Crippen LogP contribution in [-0.2, 0) is 0 Å². The van der Waals surface area contributed by atoms with Gasteiger partial charge in [0.05, 0.1) is 12.8 Å². The second-order valence-corrected chi connectivity index (χ2v) is 3.19. The first kappa shape index (κ1) is 11.3. The van der Waals surface area contributed by atoms with Gasteiger partial charge in [0.25, 0.3) is 0 Å². The molecule has 5 nitrogen and oxygen atoms in total. The number of benzene rings is 1. The van der Waals surface area contributed by atoms with Crippen molar-refractivity contribution in [3.63, 3.8) is 0 Å². The molecule has 1 rings (SSSR count). The van der Waals surface area contributed by atoms with E-state index in [1.54, 1.807) is 45.5 Å². The first-order valence-corrected chi connectivity index (χ1v) is 4.40. The molecule has 0 atom stereocenters. The third-order valence-corrected chi connectivity index (χ3v) is 1.88. The quantitative estimate of drug-likeness (QED) is 0.595. The maximum atomic E-state index is 11.4. The number of urea groups is 1. The molecule has 0 aliphatic carbocycles. The highest BCUT2D eigenvalue weighted by atomic mass is 16.5. The average Bonchev–Trinajstić information content (AvgIpc) is 2.27. The zero-order valence-corrected chi connectivity index (χ0v) is 8.97. The van der Waals surface area contributed by atoms with Crippen LogP contribution in [0.5, 0.6) is 5.75 Å². The number of nitrogens with zero attached hydrogens (tertiary/aromatic N) is 2. The summed E-state index contributed by atoms with van der Waals surface area (Å²) in [5.41, 5.74) is 0.398. The van der Waals surface area contributed by atoms with Crippen molar-refractivity contribution in [3.8, 4) is 5.75 Å². The molecule has 0 radical (unpaired) electrons. The van der Waals surface area contributed by atoms with E-state index in [0.29, 0.717) is 16.5 Å². The Kier molecular flexibility index (Phi) is 3.51. The van der Waals surface area contributed by atoms with Crippen molar-refractivity contribution in [3.05, 3.63) is 24.3 Å². The van der Waals surface area contributed by atoms with E-state index < -0.39 is 6.03 Å². The van der Waals surface area contributed by atoms with Crippen molar-refractivity contribution in [1.82, 2.24) is 4.90 Å². The topological polar surface area (TPSA) is 53.0 Å². The second kappa shape index (κ2) is 4.65. The third-order valence-electron chi connectivity index (χ3n) is 1.88. The van der Waals surface area contributed by atoms with E-state index in [4.69, 9.17) is 4.74 Å². The van der Waals surface area contributed by atoms with Gasteiger partial charge in [0.1, 0.15) is 5.75 Å². The van der Waals surface area contributed by atoms with Gasteiger partial charge in [0.2, 0.25) is 0 Å². The standard InChI is InChI=1S/C10H14N2O3/c1-11(2)10(13)12(14)8-4-6-9(15-3)7-5-8/h4-7,14H,1-3H3. The van der Waals surface area contributed by atoms with Crippen LogP contribution in [0.1, 0.15) is 0 Å². The van der Waals surface area contributed by atoms with Gasteiger partial charge in [-0.05, 0) is 24.3 Å². The number of hydroxylamine groups is 1. The molecule has 2 amide bonds. The van der Waals surface area contributed by atoms with Crippen LogP contribution in [0.2, 0.25) is 0 Å². The number of anilines is 1. The summed E-state index contributed by atoms with van der Waals surface area (Å²) < 4.78 is 4.96. The average molecular weight is 210 g/mol. The summed E-state index contributed by atoms with van der Waals surface area (Å²) in [5.74, 6) is 0.671. The van der Waals surface area contributed by atoms with Gasteiger partial charge in [-0.2, -0.15) is 5.06 Å². The van der Waals surface area contributed by atoms with Crippen LogP contribution in [0.3, 0.4) is 0 Å². The molecule has 5 heteroatoms. The molecule has 1 aromatic carbocycles. The van der Waals surface area contributed by atoms with E-state index in [1.807, 2.05) is 0 Å². The highest BCUT2D eigenvalue weighted by molar-refractivity contribution is 5.89.